The summed E-state index contributed by atoms with van der Waals surface area (Å²) in [6.45, 7) is 8.45. The fourth-order valence-corrected chi connectivity index (χ4v) is 3.89. The molecule has 31 heavy (non-hydrogen) atoms. The number of aromatic nitrogens is 1. The number of aryl methyl sites for hydroxylation is 1. The number of likely N-dealkylation sites (tertiary alicyclic amines) is 1. The van der Waals surface area contributed by atoms with Crippen LogP contribution < -0.4 is 15.4 Å². The van der Waals surface area contributed by atoms with E-state index < -0.39 is 0 Å². The fraction of sp³-hybridized carbons (Fsp3) is 0.500. The SMILES string of the molecule is CCNC(=NCCc1ccncc1C)NC1CCN(Cc2ccc(OC)c(F)c2)CC1. The summed E-state index contributed by atoms with van der Waals surface area (Å²) in [5.41, 5.74) is 3.48. The molecule has 2 aromatic rings. The quantitative estimate of drug-likeness (QED) is 0.500. The number of piperidine rings is 1. The second-order valence-corrected chi connectivity index (χ2v) is 7.98. The van der Waals surface area contributed by atoms with Crippen molar-refractivity contribution in [2.24, 2.45) is 4.99 Å². The van der Waals surface area contributed by atoms with Crippen LogP contribution in [0.25, 0.3) is 0 Å². The van der Waals surface area contributed by atoms with E-state index in [2.05, 4.69) is 40.4 Å². The van der Waals surface area contributed by atoms with Crippen molar-refractivity contribution in [1.29, 1.82) is 0 Å². The van der Waals surface area contributed by atoms with E-state index >= 15 is 0 Å². The Hall–Kier alpha value is -2.67. The van der Waals surface area contributed by atoms with Crippen LogP contribution in [0.15, 0.2) is 41.7 Å². The third kappa shape index (κ3) is 6.92. The Morgan fingerprint density at radius 1 is 1.29 bits per heavy atom. The van der Waals surface area contributed by atoms with Crippen LogP contribution in [0.4, 0.5) is 4.39 Å². The smallest absolute Gasteiger partial charge is 0.191 e. The summed E-state index contributed by atoms with van der Waals surface area (Å²) < 4.78 is 18.9. The van der Waals surface area contributed by atoms with Crippen LogP contribution in [0, 0.1) is 12.7 Å². The van der Waals surface area contributed by atoms with E-state index in [1.54, 1.807) is 12.1 Å². The molecule has 2 N–H and O–H groups in total. The lowest BCUT2D eigenvalue weighted by molar-refractivity contribution is 0.198. The minimum atomic E-state index is -0.301. The number of methoxy groups -OCH3 is 1. The van der Waals surface area contributed by atoms with Gasteiger partial charge < -0.3 is 15.4 Å². The first-order valence-electron chi connectivity index (χ1n) is 11.1. The van der Waals surface area contributed by atoms with Gasteiger partial charge in [-0.25, -0.2) is 4.39 Å². The fourth-order valence-electron chi connectivity index (χ4n) is 3.89. The summed E-state index contributed by atoms with van der Waals surface area (Å²) in [4.78, 5) is 11.3. The van der Waals surface area contributed by atoms with Crippen molar-refractivity contribution < 1.29 is 9.13 Å². The Balaban J connectivity index is 1.47. The Kier molecular flexibility index (Phi) is 8.64. The Labute approximate surface area is 184 Å². The molecule has 0 radical (unpaired) electrons. The van der Waals surface area contributed by atoms with E-state index in [4.69, 9.17) is 9.73 Å². The Morgan fingerprint density at radius 3 is 2.77 bits per heavy atom. The number of hydrogen-bond donors (Lipinski definition) is 2. The zero-order valence-electron chi connectivity index (χ0n) is 18.8. The first kappa shape index (κ1) is 23.0. The third-order valence-corrected chi connectivity index (χ3v) is 5.68. The van der Waals surface area contributed by atoms with E-state index in [9.17, 15) is 4.39 Å². The van der Waals surface area contributed by atoms with Crippen molar-refractivity contribution in [1.82, 2.24) is 20.5 Å². The van der Waals surface area contributed by atoms with Gasteiger partial charge in [-0.1, -0.05) is 6.07 Å². The van der Waals surface area contributed by atoms with E-state index in [-0.39, 0.29) is 5.82 Å². The number of benzene rings is 1. The molecule has 6 nitrogen and oxygen atoms in total. The summed E-state index contributed by atoms with van der Waals surface area (Å²) in [5.74, 6) is 0.871. The highest BCUT2D eigenvalue weighted by Crippen LogP contribution is 2.20. The molecule has 0 unspecified atom stereocenters. The second kappa shape index (κ2) is 11.6. The molecular weight excluding hydrogens is 393 g/mol. The lowest BCUT2D eigenvalue weighted by atomic mass is 10.0. The van der Waals surface area contributed by atoms with Gasteiger partial charge in [-0.3, -0.25) is 14.9 Å². The van der Waals surface area contributed by atoms with Crippen LogP contribution >= 0.6 is 0 Å². The van der Waals surface area contributed by atoms with E-state index in [1.165, 1.54) is 18.2 Å². The van der Waals surface area contributed by atoms with Gasteiger partial charge in [0.05, 0.1) is 7.11 Å². The summed E-state index contributed by atoms with van der Waals surface area (Å²) in [6.07, 6.45) is 6.71. The average molecular weight is 428 g/mol. The number of halogens is 1. The standard InChI is InChI=1S/C24H34FN5O/c1-4-27-24(28-12-8-20-7-11-26-16-18(20)2)29-21-9-13-30(14-10-21)17-19-5-6-23(31-3)22(25)15-19/h5-7,11,15-16,21H,4,8-10,12-14,17H2,1-3H3,(H2,27,28,29). The molecule has 0 aliphatic carbocycles. The normalized spacial score (nSPS) is 15.7. The lowest BCUT2D eigenvalue weighted by Crippen LogP contribution is -2.48. The number of aliphatic imine (C=N–C) groups is 1. The molecule has 0 atom stereocenters. The molecule has 7 heteroatoms. The molecule has 3 rings (SSSR count). The van der Waals surface area contributed by atoms with Crippen LogP contribution in [0.2, 0.25) is 0 Å². The van der Waals surface area contributed by atoms with Crippen molar-refractivity contribution in [3.63, 3.8) is 0 Å². The molecule has 1 saturated heterocycles. The van der Waals surface area contributed by atoms with Gasteiger partial charge in [-0.05, 0) is 68.0 Å². The number of nitrogens with one attached hydrogen (secondary N) is 2. The third-order valence-electron chi connectivity index (χ3n) is 5.68. The molecule has 1 aromatic carbocycles. The monoisotopic (exact) mass is 427 g/mol. The van der Waals surface area contributed by atoms with Crippen molar-refractivity contribution in [2.45, 2.75) is 45.7 Å². The predicted molar refractivity (Wildman–Crippen MR) is 123 cm³/mol. The topological polar surface area (TPSA) is 61.8 Å². The summed E-state index contributed by atoms with van der Waals surface area (Å²) in [5, 5.41) is 6.95. The summed E-state index contributed by atoms with van der Waals surface area (Å²) >= 11 is 0. The van der Waals surface area contributed by atoms with Gasteiger partial charge in [0, 0.05) is 51.2 Å². The molecule has 0 saturated carbocycles. The second-order valence-electron chi connectivity index (χ2n) is 7.98. The molecule has 168 valence electrons. The maximum Gasteiger partial charge on any atom is 0.191 e. The van der Waals surface area contributed by atoms with E-state index in [1.807, 2.05) is 18.5 Å². The number of nitrogens with zero attached hydrogens (tertiary/aromatic N) is 3. The summed E-state index contributed by atoms with van der Waals surface area (Å²) in [6, 6.07) is 7.67. The van der Waals surface area contributed by atoms with Gasteiger partial charge in [0.15, 0.2) is 17.5 Å². The van der Waals surface area contributed by atoms with Crippen LogP contribution in [-0.4, -0.2) is 55.2 Å². The average Bonchev–Trinajstić information content (AvgIpc) is 2.77. The summed E-state index contributed by atoms with van der Waals surface area (Å²) in [7, 11) is 1.49. The van der Waals surface area contributed by atoms with Gasteiger partial charge >= 0.3 is 0 Å². The molecule has 1 aliphatic heterocycles. The first-order chi connectivity index (χ1) is 15.1. The van der Waals surface area contributed by atoms with Crippen molar-refractivity contribution in [2.75, 3.05) is 33.3 Å². The predicted octanol–water partition coefficient (Wildman–Crippen LogP) is 3.30. The van der Waals surface area contributed by atoms with Crippen LogP contribution in [0.5, 0.6) is 5.75 Å². The van der Waals surface area contributed by atoms with Crippen LogP contribution in [0.1, 0.15) is 36.5 Å². The van der Waals surface area contributed by atoms with Crippen molar-refractivity contribution in [3.05, 3.63) is 59.2 Å². The van der Waals surface area contributed by atoms with Gasteiger partial charge in [0.1, 0.15) is 0 Å². The maximum absolute atomic E-state index is 13.9. The molecule has 2 heterocycles. The minimum Gasteiger partial charge on any atom is -0.494 e. The number of rotatable bonds is 8. The van der Waals surface area contributed by atoms with Crippen LogP contribution in [-0.2, 0) is 13.0 Å². The van der Waals surface area contributed by atoms with E-state index in [0.717, 1.165) is 63.5 Å². The van der Waals surface area contributed by atoms with Crippen LogP contribution in [0.3, 0.4) is 0 Å². The first-order valence-corrected chi connectivity index (χ1v) is 11.1. The molecule has 1 fully saturated rings. The molecular formula is C24H34FN5O. The zero-order chi connectivity index (χ0) is 22.1. The van der Waals surface area contributed by atoms with Crippen molar-refractivity contribution >= 4 is 5.96 Å². The molecule has 0 amide bonds. The van der Waals surface area contributed by atoms with E-state index in [0.29, 0.717) is 11.8 Å². The van der Waals surface area contributed by atoms with Gasteiger partial charge in [0.2, 0.25) is 0 Å². The Morgan fingerprint density at radius 2 is 2.10 bits per heavy atom. The van der Waals surface area contributed by atoms with Gasteiger partial charge in [0.25, 0.3) is 0 Å². The lowest BCUT2D eigenvalue weighted by Gasteiger charge is -2.33. The highest BCUT2D eigenvalue weighted by Gasteiger charge is 2.20. The molecule has 0 bridgehead atoms. The maximum atomic E-state index is 13.9. The largest absolute Gasteiger partial charge is 0.494 e. The number of hydrogen-bond acceptors (Lipinski definition) is 4. The van der Waals surface area contributed by atoms with Gasteiger partial charge in [-0.2, -0.15) is 0 Å². The Bertz CT molecular complexity index is 865. The minimum absolute atomic E-state index is 0.293. The van der Waals surface area contributed by atoms with Gasteiger partial charge in [-0.15, -0.1) is 0 Å². The molecule has 0 spiro atoms. The number of guanidine groups is 1. The zero-order valence-corrected chi connectivity index (χ0v) is 18.8. The van der Waals surface area contributed by atoms with Crippen molar-refractivity contribution in [3.8, 4) is 5.75 Å². The molecule has 1 aromatic heterocycles. The number of ether oxygens (including phenoxy) is 1. The number of pyridine rings is 1. The molecule has 1 aliphatic rings. The highest BCUT2D eigenvalue weighted by atomic mass is 19.1. The highest BCUT2D eigenvalue weighted by molar-refractivity contribution is 5.80.